The Kier molecular flexibility index (Phi) is 5.33. The van der Waals surface area contributed by atoms with Crippen LogP contribution in [0.1, 0.15) is 40.9 Å². The minimum absolute atomic E-state index is 0.199. The molecule has 7 nitrogen and oxygen atoms in total. The zero-order chi connectivity index (χ0) is 20.5. The third kappa shape index (κ3) is 3.88. The first kappa shape index (κ1) is 19.5. The van der Waals surface area contributed by atoms with Crippen LogP contribution in [0.15, 0.2) is 24.5 Å². The fourth-order valence-corrected chi connectivity index (χ4v) is 4.56. The molecule has 0 unspecified atom stereocenters. The fourth-order valence-electron chi connectivity index (χ4n) is 3.57. The topological polar surface area (TPSA) is 105 Å². The van der Waals surface area contributed by atoms with E-state index in [2.05, 4.69) is 15.3 Å². The van der Waals surface area contributed by atoms with Crippen molar-refractivity contribution >= 4 is 39.0 Å². The number of aromatic carboxylic acids is 1. The second-order valence-electron chi connectivity index (χ2n) is 7.04. The number of ether oxygens (including phenoxy) is 1. The number of benzene rings is 1. The van der Waals surface area contributed by atoms with Gasteiger partial charge in [-0.3, -0.25) is 0 Å². The number of aliphatic hydroxyl groups is 1. The van der Waals surface area contributed by atoms with Gasteiger partial charge in [0.15, 0.2) is 0 Å². The molecule has 1 aromatic carbocycles. The summed E-state index contributed by atoms with van der Waals surface area (Å²) in [6.45, 7) is 1.71. The quantitative estimate of drug-likeness (QED) is 0.570. The van der Waals surface area contributed by atoms with Gasteiger partial charge in [0.25, 0.3) is 0 Å². The van der Waals surface area contributed by atoms with Crippen LogP contribution in [-0.2, 0) is 0 Å². The van der Waals surface area contributed by atoms with Crippen molar-refractivity contribution in [3.05, 3.63) is 40.8 Å². The van der Waals surface area contributed by atoms with E-state index in [-0.39, 0.29) is 10.6 Å². The van der Waals surface area contributed by atoms with Gasteiger partial charge in [0.05, 0.1) is 17.2 Å². The maximum atomic E-state index is 13.9. The van der Waals surface area contributed by atoms with Crippen LogP contribution in [-0.4, -0.2) is 38.4 Å². The molecule has 9 heteroatoms. The van der Waals surface area contributed by atoms with Gasteiger partial charge in [-0.2, -0.15) is 0 Å². The van der Waals surface area contributed by atoms with Gasteiger partial charge in [-0.25, -0.2) is 19.2 Å². The van der Waals surface area contributed by atoms with Crippen molar-refractivity contribution in [2.45, 2.75) is 44.8 Å². The lowest BCUT2D eigenvalue weighted by atomic mass is 9.95. The van der Waals surface area contributed by atoms with Gasteiger partial charge in [0.1, 0.15) is 39.5 Å². The highest BCUT2D eigenvalue weighted by Gasteiger charge is 2.26. The van der Waals surface area contributed by atoms with Crippen LogP contribution in [0.5, 0.6) is 5.75 Å². The number of thiophene rings is 1. The predicted molar refractivity (Wildman–Crippen MR) is 108 cm³/mol. The Balaban J connectivity index is 1.70. The van der Waals surface area contributed by atoms with Gasteiger partial charge >= 0.3 is 5.97 Å². The summed E-state index contributed by atoms with van der Waals surface area (Å²) < 4.78 is 19.8. The Labute approximate surface area is 170 Å². The van der Waals surface area contributed by atoms with Gasteiger partial charge in [0.2, 0.25) is 0 Å². The number of hydrogen-bond donors (Lipinski definition) is 3. The number of halogens is 1. The molecule has 3 aromatic rings. The highest BCUT2D eigenvalue weighted by Crippen LogP contribution is 2.37. The zero-order valence-electron chi connectivity index (χ0n) is 15.7. The van der Waals surface area contributed by atoms with Gasteiger partial charge < -0.3 is 20.3 Å². The van der Waals surface area contributed by atoms with Crippen LogP contribution < -0.4 is 10.1 Å². The van der Waals surface area contributed by atoms with E-state index in [1.54, 1.807) is 6.92 Å². The highest BCUT2D eigenvalue weighted by atomic mass is 32.1. The first-order valence-corrected chi connectivity index (χ1v) is 10.1. The first-order chi connectivity index (χ1) is 13.9. The molecule has 2 atom stereocenters. The van der Waals surface area contributed by atoms with Crippen molar-refractivity contribution in [3.8, 4) is 5.75 Å². The summed E-state index contributed by atoms with van der Waals surface area (Å²) in [7, 11) is 0. The molecule has 1 fully saturated rings. The molecule has 0 amide bonds. The number of aliphatic hydroxyl groups excluding tert-OH is 1. The molecular weight excluding hydrogens is 397 g/mol. The molecule has 29 heavy (non-hydrogen) atoms. The highest BCUT2D eigenvalue weighted by molar-refractivity contribution is 7.20. The molecule has 0 radical (unpaired) electrons. The maximum Gasteiger partial charge on any atom is 0.346 e. The molecule has 0 bridgehead atoms. The minimum atomic E-state index is -1.02. The summed E-state index contributed by atoms with van der Waals surface area (Å²) in [5.41, 5.74) is 1.04. The van der Waals surface area contributed by atoms with Crippen molar-refractivity contribution in [1.29, 1.82) is 0 Å². The number of carboxylic acids is 1. The molecule has 152 valence electrons. The number of aryl methyl sites for hydroxylation is 1. The second-order valence-corrected chi connectivity index (χ2v) is 8.04. The number of anilines is 2. The summed E-state index contributed by atoms with van der Waals surface area (Å²) in [6, 6.07) is 4.10. The lowest BCUT2D eigenvalue weighted by molar-refractivity contribution is 0.00712. The van der Waals surface area contributed by atoms with E-state index >= 15 is 0 Å². The SMILES string of the molecule is Cc1c(C(=O)O)sc2ncnc(Nc3ccc(F)cc3O[C@H]3CCCC[C@H]3O)c12. The fraction of sp³-hybridized carbons (Fsp3) is 0.350. The number of carbonyl (C=O) groups is 1. The van der Waals surface area contributed by atoms with E-state index < -0.39 is 24.0 Å². The van der Waals surface area contributed by atoms with Crippen molar-refractivity contribution in [1.82, 2.24) is 9.97 Å². The average molecular weight is 417 g/mol. The molecule has 1 aliphatic rings. The first-order valence-electron chi connectivity index (χ1n) is 9.32. The lowest BCUT2D eigenvalue weighted by Crippen LogP contribution is -2.34. The summed E-state index contributed by atoms with van der Waals surface area (Å²) in [6.07, 6.45) is 3.58. The number of fused-ring (bicyclic) bond motifs is 1. The Bertz CT molecular complexity index is 1070. The third-order valence-electron chi connectivity index (χ3n) is 5.06. The Morgan fingerprint density at radius 2 is 2.10 bits per heavy atom. The summed E-state index contributed by atoms with van der Waals surface area (Å²) in [4.78, 5) is 20.6. The molecule has 4 rings (SSSR count). The molecule has 0 saturated heterocycles. The molecule has 2 heterocycles. The molecule has 0 aliphatic heterocycles. The van der Waals surface area contributed by atoms with Gasteiger partial charge in [-0.15, -0.1) is 11.3 Å². The third-order valence-corrected chi connectivity index (χ3v) is 6.25. The Morgan fingerprint density at radius 1 is 1.31 bits per heavy atom. The van der Waals surface area contributed by atoms with Crippen LogP contribution in [0, 0.1) is 12.7 Å². The number of nitrogens with zero attached hydrogens (tertiary/aromatic N) is 2. The average Bonchev–Trinajstić information content (AvgIpc) is 3.04. The smallest absolute Gasteiger partial charge is 0.346 e. The molecule has 3 N–H and O–H groups in total. The van der Waals surface area contributed by atoms with Crippen molar-refractivity contribution in [2.75, 3.05) is 5.32 Å². The zero-order valence-corrected chi connectivity index (χ0v) is 16.5. The number of hydrogen-bond acceptors (Lipinski definition) is 7. The molecule has 1 aliphatic carbocycles. The standard InChI is InChI=1S/C20H20FN3O4S/c1-10-16-18(22-9-23-19(16)29-17(10)20(26)27)24-12-7-6-11(21)8-15(12)28-14-5-3-2-4-13(14)25/h6-9,13-14,25H,2-5H2,1H3,(H,26,27)(H,22,23,24)/t13-,14+/m1/s1. The summed E-state index contributed by atoms with van der Waals surface area (Å²) >= 11 is 1.08. The Hall–Kier alpha value is -2.78. The molecule has 0 spiro atoms. The summed E-state index contributed by atoms with van der Waals surface area (Å²) in [5, 5.41) is 23.3. The molecule has 1 saturated carbocycles. The minimum Gasteiger partial charge on any atom is -0.485 e. The number of nitrogens with one attached hydrogen (secondary N) is 1. The van der Waals surface area contributed by atoms with Crippen LogP contribution in [0.2, 0.25) is 0 Å². The van der Waals surface area contributed by atoms with E-state index in [1.165, 1.54) is 24.5 Å². The second kappa shape index (κ2) is 7.92. The van der Waals surface area contributed by atoms with E-state index in [4.69, 9.17) is 4.74 Å². The van der Waals surface area contributed by atoms with Gasteiger partial charge in [-0.1, -0.05) is 6.42 Å². The van der Waals surface area contributed by atoms with Gasteiger partial charge in [0, 0.05) is 6.07 Å². The van der Waals surface area contributed by atoms with Crippen LogP contribution in [0.4, 0.5) is 15.9 Å². The lowest BCUT2D eigenvalue weighted by Gasteiger charge is -2.29. The number of carboxylic acid groups (broad SMARTS) is 1. The Morgan fingerprint density at radius 3 is 2.86 bits per heavy atom. The maximum absolute atomic E-state index is 13.9. The van der Waals surface area contributed by atoms with Crippen LogP contribution >= 0.6 is 11.3 Å². The molecular formula is C20H20FN3O4S. The number of rotatable bonds is 5. The van der Waals surface area contributed by atoms with E-state index in [0.717, 1.165) is 24.2 Å². The molecule has 2 aromatic heterocycles. The predicted octanol–water partition coefficient (Wildman–Crippen LogP) is 4.26. The van der Waals surface area contributed by atoms with E-state index in [1.807, 2.05) is 0 Å². The normalized spacial score (nSPS) is 19.3. The summed E-state index contributed by atoms with van der Waals surface area (Å²) in [5.74, 6) is -0.789. The van der Waals surface area contributed by atoms with E-state index in [9.17, 15) is 19.4 Å². The van der Waals surface area contributed by atoms with Crippen molar-refractivity contribution in [3.63, 3.8) is 0 Å². The monoisotopic (exact) mass is 417 g/mol. The van der Waals surface area contributed by atoms with Crippen molar-refractivity contribution < 1.29 is 24.1 Å². The number of aromatic nitrogens is 2. The van der Waals surface area contributed by atoms with Gasteiger partial charge in [-0.05, 0) is 43.9 Å². The van der Waals surface area contributed by atoms with E-state index in [0.29, 0.717) is 40.1 Å². The van der Waals surface area contributed by atoms with Crippen LogP contribution in [0.3, 0.4) is 0 Å². The van der Waals surface area contributed by atoms with Crippen molar-refractivity contribution in [2.24, 2.45) is 0 Å². The largest absolute Gasteiger partial charge is 0.485 e. The van der Waals surface area contributed by atoms with Crippen LogP contribution in [0.25, 0.3) is 10.2 Å².